The zero-order chi connectivity index (χ0) is 13.2. The Morgan fingerprint density at radius 2 is 1.84 bits per heavy atom. The molecule has 0 atom stereocenters. The number of aromatic hydroxyl groups is 1. The molecule has 0 unspecified atom stereocenters. The molecule has 6 heteroatoms. The van der Waals surface area contributed by atoms with E-state index in [4.69, 9.17) is 4.55 Å². The van der Waals surface area contributed by atoms with Crippen molar-refractivity contribution in [2.75, 3.05) is 5.75 Å². The summed E-state index contributed by atoms with van der Waals surface area (Å²) in [5.74, 6) is -0.104. The van der Waals surface area contributed by atoms with Gasteiger partial charge in [-0.25, -0.2) is 0 Å². The van der Waals surface area contributed by atoms with E-state index < -0.39 is 10.1 Å². The van der Waals surface area contributed by atoms with Crippen LogP contribution < -0.4 is 29.6 Å². The first-order valence-corrected chi connectivity index (χ1v) is 7.22. The third kappa shape index (κ3) is 4.78. The normalized spacial score (nSPS) is 11.2. The van der Waals surface area contributed by atoms with Crippen molar-refractivity contribution in [3.05, 3.63) is 42.0 Å². The van der Waals surface area contributed by atoms with Crippen molar-refractivity contribution in [2.45, 2.75) is 12.8 Å². The van der Waals surface area contributed by atoms with Gasteiger partial charge in [-0.15, -0.1) is 0 Å². The van der Waals surface area contributed by atoms with Crippen molar-refractivity contribution in [3.8, 4) is 5.75 Å². The van der Waals surface area contributed by atoms with Gasteiger partial charge in [0.2, 0.25) is 0 Å². The van der Waals surface area contributed by atoms with Crippen molar-refractivity contribution < 1.29 is 49.1 Å². The molecular weight excluding hydrogens is 275 g/mol. The van der Waals surface area contributed by atoms with Crippen LogP contribution in [0, 0.1) is 0 Å². The van der Waals surface area contributed by atoms with Crippen LogP contribution in [0.3, 0.4) is 0 Å². The molecule has 2 aromatic rings. The van der Waals surface area contributed by atoms with Crippen LogP contribution in [0.1, 0.15) is 13.4 Å². The number of hydrogen-bond donors (Lipinski definition) is 2. The standard InChI is InChI=1S/C13H14O4S.Na.H/c14-12-8-10-4-1-2-6-13(10)11(9-12)5-3-7-18(15,16)17;;/h1-2,4,6,8-9,14H,3,5,7H2,(H,15,16,17);;/q;+1;-1. The number of benzene rings is 2. The molecule has 0 aromatic heterocycles. The van der Waals surface area contributed by atoms with Crippen molar-refractivity contribution in [1.29, 1.82) is 0 Å². The van der Waals surface area contributed by atoms with Crippen molar-refractivity contribution >= 4 is 20.9 Å². The summed E-state index contributed by atoms with van der Waals surface area (Å²) in [7, 11) is -3.92. The molecule has 2 aromatic carbocycles. The fourth-order valence-electron chi connectivity index (χ4n) is 2.02. The Labute approximate surface area is 136 Å². The van der Waals surface area contributed by atoms with Crippen LogP contribution in [-0.2, 0) is 16.5 Å². The first-order valence-electron chi connectivity index (χ1n) is 5.61. The fraction of sp³-hybridized carbons (Fsp3) is 0.231. The van der Waals surface area contributed by atoms with Gasteiger partial charge in [0.15, 0.2) is 0 Å². The zero-order valence-corrected chi connectivity index (χ0v) is 13.5. The molecule has 0 fully saturated rings. The third-order valence-electron chi connectivity index (χ3n) is 2.78. The molecular formula is C13H15NaO4S. The second-order valence-corrected chi connectivity index (χ2v) is 5.79. The summed E-state index contributed by atoms with van der Waals surface area (Å²) in [5, 5.41) is 11.5. The first-order chi connectivity index (χ1) is 8.46. The Hall–Kier alpha value is -0.590. The molecule has 0 bridgehead atoms. The number of aryl methyl sites for hydroxylation is 1. The maximum atomic E-state index is 10.7. The van der Waals surface area contributed by atoms with Gasteiger partial charge in [0.1, 0.15) is 5.75 Å². The molecule has 0 radical (unpaired) electrons. The van der Waals surface area contributed by atoms with Crippen LogP contribution in [0.2, 0.25) is 0 Å². The van der Waals surface area contributed by atoms with Gasteiger partial charge in [-0.1, -0.05) is 24.3 Å². The Bertz CT molecular complexity index is 673. The molecule has 98 valence electrons. The van der Waals surface area contributed by atoms with Crippen molar-refractivity contribution in [1.82, 2.24) is 0 Å². The Morgan fingerprint density at radius 3 is 2.53 bits per heavy atom. The number of phenols is 1. The summed E-state index contributed by atoms with van der Waals surface area (Å²) in [5.41, 5.74) is 0.884. The van der Waals surface area contributed by atoms with E-state index in [1.165, 1.54) is 0 Å². The molecule has 2 N–H and O–H groups in total. The van der Waals surface area contributed by atoms with E-state index in [2.05, 4.69) is 0 Å². The predicted molar refractivity (Wildman–Crippen MR) is 71.5 cm³/mol. The van der Waals surface area contributed by atoms with E-state index >= 15 is 0 Å². The predicted octanol–water partition coefficient (Wildman–Crippen LogP) is -0.518. The summed E-state index contributed by atoms with van der Waals surface area (Å²) in [6, 6.07) is 10.9. The van der Waals surface area contributed by atoms with E-state index in [0.717, 1.165) is 16.3 Å². The van der Waals surface area contributed by atoms with Crippen LogP contribution in [0.4, 0.5) is 0 Å². The quantitative estimate of drug-likeness (QED) is 0.587. The van der Waals surface area contributed by atoms with Gasteiger partial charge in [0.05, 0.1) is 5.75 Å². The molecule has 0 aliphatic rings. The minimum atomic E-state index is -3.92. The van der Waals surface area contributed by atoms with E-state index in [0.29, 0.717) is 12.8 Å². The summed E-state index contributed by atoms with van der Waals surface area (Å²) in [4.78, 5) is 0. The minimum Gasteiger partial charge on any atom is -1.00 e. The van der Waals surface area contributed by atoms with Crippen LogP contribution in [0.5, 0.6) is 5.75 Å². The fourth-order valence-corrected chi connectivity index (χ4v) is 2.53. The minimum absolute atomic E-state index is 0. The van der Waals surface area contributed by atoms with Gasteiger partial charge in [-0.05, 0) is 41.3 Å². The molecule has 0 saturated carbocycles. The summed E-state index contributed by atoms with van der Waals surface area (Å²) in [6.07, 6.45) is 0.820. The van der Waals surface area contributed by atoms with Crippen LogP contribution in [-0.4, -0.2) is 23.8 Å². The molecule has 4 nitrogen and oxygen atoms in total. The number of phenolic OH excluding ortho intramolecular Hbond substituents is 1. The summed E-state index contributed by atoms with van der Waals surface area (Å²) < 4.78 is 30.0. The number of rotatable bonds is 4. The van der Waals surface area contributed by atoms with Gasteiger partial charge < -0.3 is 6.53 Å². The summed E-state index contributed by atoms with van der Waals surface area (Å²) >= 11 is 0. The van der Waals surface area contributed by atoms with Gasteiger partial charge in [-0.2, -0.15) is 8.42 Å². The van der Waals surface area contributed by atoms with Gasteiger partial charge >= 0.3 is 29.6 Å². The second kappa shape index (κ2) is 6.72. The first kappa shape index (κ1) is 16.5. The summed E-state index contributed by atoms with van der Waals surface area (Å²) in [6.45, 7) is 0. The largest absolute Gasteiger partial charge is 1.00 e. The number of fused-ring (bicyclic) bond motifs is 1. The molecule has 0 aliphatic heterocycles. The smallest absolute Gasteiger partial charge is 1.00 e. The average molecular weight is 290 g/mol. The monoisotopic (exact) mass is 290 g/mol. The van der Waals surface area contributed by atoms with Crippen LogP contribution >= 0.6 is 0 Å². The topological polar surface area (TPSA) is 74.6 Å². The van der Waals surface area contributed by atoms with Gasteiger partial charge in [0, 0.05) is 0 Å². The second-order valence-electron chi connectivity index (χ2n) is 4.22. The van der Waals surface area contributed by atoms with E-state index in [1.807, 2.05) is 24.3 Å². The zero-order valence-electron chi connectivity index (χ0n) is 11.7. The molecule has 0 spiro atoms. The molecule has 0 amide bonds. The molecule has 0 saturated heterocycles. The molecule has 19 heavy (non-hydrogen) atoms. The van der Waals surface area contributed by atoms with E-state index in [-0.39, 0.29) is 42.5 Å². The maximum Gasteiger partial charge on any atom is 1.00 e. The van der Waals surface area contributed by atoms with Gasteiger partial charge in [0.25, 0.3) is 10.1 Å². The average Bonchev–Trinajstić information content (AvgIpc) is 2.27. The Kier molecular flexibility index (Phi) is 5.82. The SMILES string of the molecule is O=S(=O)(O)CCCc1cc(O)cc2ccccc12.[H-].[Na+]. The van der Waals surface area contributed by atoms with E-state index in [1.54, 1.807) is 12.1 Å². The van der Waals surface area contributed by atoms with Crippen molar-refractivity contribution in [3.63, 3.8) is 0 Å². The van der Waals surface area contributed by atoms with Crippen LogP contribution in [0.15, 0.2) is 36.4 Å². The third-order valence-corrected chi connectivity index (χ3v) is 3.59. The van der Waals surface area contributed by atoms with Crippen molar-refractivity contribution in [2.24, 2.45) is 0 Å². The molecule has 2 rings (SSSR count). The number of hydrogen-bond acceptors (Lipinski definition) is 3. The van der Waals surface area contributed by atoms with E-state index in [9.17, 15) is 13.5 Å². The Morgan fingerprint density at radius 1 is 1.16 bits per heavy atom. The van der Waals surface area contributed by atoms with Gasteiger partial charge in [-0.3, -0.25) is 4.55 Å². The molecule has 0 aliphatic carbocycles. The van der Waals surface area contributed by atoms with Crippen LogP contribution in [0.25, 0.3) is 10.8 Å². The Balaban J connectivity index is 0.00000180. The maximum absolute atomic E-state index is 10.7. The molecule has 0 heterocycles.